The number of hydrogen-bond acceptors (Lipinski definition) is 3. The Morgan fingerprint density at radius 3 is 2.62 bits per heavy atom. The van der Waals surface area contributed by atoms with Gasteiger partial charge in [-0.2, -0.15) is 0 Å². The van der Waals surface area contributed by atoms with Crippen molar-refractivity contribution in [2.24, 2.45) is 5.84 Å². The van der Waals surface area contributed by atoms with Crippen LogP contribution in [0.1, 0.15) is 51.1 Å². The van der Waals surface area contributed by atoms with E-state index in [2.05, 4.69) is 24.2 Å². The second-order valence-corrected chi connectivity index (χ2v) is 6.43. The lowest BCUT2D eigenvalue weighted by Crippen LogP contribution is -2.57. The molecule has 1 fully saturated rings. The van der Waals surface area contributed by atoms with Crippen LogP contribution in [0.5, 0.6) is 0 Å². The van der Waals surface area contributed by atoms with Gasteiger partial charge in [-0.3, -0.25) is 16.2 Å². The molecule has 3 N–H and O–H groups in total. The van der Waals surface area contributed by atoms with Gasteiger partial charge in [0.25, 0.3) is 0 Å². The minimum atomic E-state index is -0.285. The average Bonchev–Trinajstić information content (AvgIpc) is 2.52. The van der Waals surface area contributed by atoms with E-state index in [0.29, 0.717) is 5.02 Å². The summed E-state index contributed by atoms with van der Waals surface area (Å²) in [7, 11) is 0. The summed E-state index contributed by atoms with van der Waals surface area (Å²) < 4.78 is 13.6. The van der Waals surface area contributed by atoms with Gasteiger partial charge in [-0.1, -0.05) is 24.9 Å². The van der Waals surface area contributed by atoms with Gasteiger partial charge in [0, 0.05) is 10.6 Å². The van der Waals surface area contributed by atoms with Crippen molar-refractivity contribution in [1.29, 1.82) is 0 Å². The molecular weight excluding hydrogens is 289 g/mol. The molecular formula is C16H25ClFN3. The second-order valence-electron chi connectivity index (χ2n) is 6.02. The first-order valence-electron chi connectivity index (χ1n) is 7.69. The van der Waals surface area contributed by atoms with Crippen molar-refractivity contribution in [2.75, 3.05) is 13.1 Å². The highest BCUT2D eigenvalue weighted by Gasteiger charge is 2.40. The fourth-order valence-electron chi connectivity index (χ4n) is 3.36. The number of nitrogens with two attached hydrogens (primary N) is 1. The second kappa shape index (κ2) is 7.05. The molecule has 1 aliphatic heterocycles. The summed E-state index contributed by atoms with van der Waals surface area (Å²) in [4.78, 5) is 2.46. The molecule has 1 aromatic carbocycles. The van der Waals surface area contributed by atoms with E-state index in [-0.39, 0.29) is 17.4 Å². The number of likely N-dealkylation sites (tertiary alicyclic amines) is 1. The van der Waals surface area contributed by atoms with Gasteiger partial charge in [-0.15, -0.1) is 0 Å². The Labute approximate surface area is 131 Å². The van der Waals surface area contributed by atoms with Crippen molar-refractivity contribution in [3.8, 4) is 0 Å². The van der Waals surface area contributed by atoms with Crippen LogP contribution in [0.15, 0.2) is 18.2 Å². The maximum absolute atomic E-state index is 13.6. The molecule has 2 rings (SSSR count). The Morgan fingerprint density at radius 1 is 1.38 bits per heavy atom. The van der Waals surface area contributed by atoms with Crippen LogP contribution in [-0.2, 0) is 0 Å². The SMILES string of the molecule is CCC(C)(C(NN)c1cc(F)ccc1Cl)N1CCCCC1. The summed E-state index contributed by atoms with van der Waals surface area (Å²) in [6.45, 7) is 6.43. The Kier molecular flexibility index (Phi) is 5.60. The van der Waals surface area contributed by atoms with Crippen LogP contribution in [0.25, 0.3) is 0 Å². The molecule has 0 aromatic heterocycles. The molecule has 1 heterocycles. The van der Waals surface area contributed by atoms with E-state index in [1.807, 2.05) is 0 Å². The zero-order valence-electron chi connectivity index (χ0n) is 12.8. The Hall–Kier alpha value is -0.680. The largest absolute Gasteiger partial charge is 0.296 e. The van der Waals surface area contributed by atoms with E-state index in [1.54, 1.807) is 6.07 Å². The lowest BCUT2D eigenvalue weighted by atomic mass is 9.82. The first-order chi connectivity index (χ1) is 10.0. The molecule has 0 saturated carbocycles. The zero-order chi connectivity index (χ0) is 15.5. The maximum atomic E-state index is 13.6. The van der Waals surface area contributed by atoms with Crippen LogP contribution < -0.4 is 11.3 Å². The van der Waals surface area contributed by atoms with Gasteiger partial charge in [-0.25, -0.2) is 4.39 Å². The summed E-state index contributed by atoms with van der Waals surface area (Å²) in [5.41, 5.74) is 3.43. The highest BCUT2D eigenvalue weighted by molar-refractivity contribution is 6.31. The molecule has 0 aliphatic carbocycles. The number of hydrazine groups is 1. The van der Waals surface area contributed by atoms with Crippen molar-refractivity contribution >= 4 is 11.6 Å². The minimum absolute atomic E-state index is 0.188. The van der Waals surface area contributed by atoms with Crippen LogP contribution >= 0.6 is 11.6 Å². The molecule has 3 nitrogen and oxygen atoms in total. The van der Waals surface area contributed by atoms with E-state index in [4.69, 9.17) is 17.4 Å². The molecule has 1 aromatic rings. The summed E-state index contributed by atoms with van der Waals surface area (Å²) in [6, 6.07) is 4.26. The first-order valence-corrected chi connectivity index (χ1v) is 8.07. The smallest absolute Gasteiger partial charge is 0.123 e. The maximum Gasteiger partial charge on any atom is 0.123 e. The third-order valence-corrected chi connectivity index (χ3v) is 5.20. The van der Waals surface area contributed by atoms with Gasteiger partial charge in [-0.05, 0) is 63.0 Å². The quantitative estimate of drug-likeness (QED) is 0.644. The summed E-state index contributed by atoms with van der Waals surface area (Å²) in [5, 5.41) is 0.552. The van der Waals surface area contributed by atoms with Gasteiger partial charge in [0.1, 0.15) is 5.82 Å². The third kappa shape index (κ3) is 3.39. The number of rotatable bonds is 5. The van der Waals surface area contributed by atoms with Crippen molar-refractivity contribution in [3.63, 3.8) is 0 Å². The molecule has 1 saturated heterocycles. The Bertz CT molecular complexity index is 477. The summed E-state index contributed by atoms with van der Waals surface area (Å²) in [5.74, 6) is 5.55. The lowest BCUT2D eigenvalue weighted by Gasteiger charge is -2.48. The molecule has 2 unspecified atom stereocenters. The highest BCUT2D eigenvalue weighted by atomic mass is 35.5. The fourth-order valence-corrected chi connectivity index (χ4v) is 3.58. The van der Waals surface area contributed by atoms with E-state index >= 15 is 0 Å². The summed E-state index contributed by atoms with van der Waals surface area (Å²) >= 11 is 6.29. The number of piperidine rings is 1. The van der Waals surface area contributed by atoms with E-state index in [9.17, 15) is 4.39 Å². The number of halogens is 2. The average molecular weight is 314 g/mol. The molecule has 0 amide bonds. The predicted octanol–water partition coefficient (Wildman–Crippen LogP) is 3.64. The van der Waals surface area contributed by atoms with Gasteiger partial charge in [0.15, 0.2) is 0 Å². The molecule has 0 bridgehead atoms. The topological polar surface area (TPSA) is 41.3 Å². The number of hydrogen-bond donors (Lipinski definition) is 2. The van der Waals surface area contributed by atoms with Crippen LogP contribution in [0.3, 0.4) is 0 Å². The molecule has 118 valence electrons. The molecule has 21 heavy (non-hydrogen) atoms. The number of nitrogens with one attached hydrogen (secondary N) is 1. The van der Waals surface area contributed by atoms with E-state index < -0.39 is 0 Å². The monoisotopic (exact) mass is 313 g/mol. The van der Waals surface area contributed by atoms with Crippen LogP contribution in [0.2, 0.25) is 5.02 Å². The van der Waals surface area contributed by atoms with Crippen molar-refractivity contribution in [3.05, 3.63) is 34.6 Å². The number of nitrogens with zero attached hydrogens (tertiary/aromatic N) is 1. The van der Waals surface area contributed by atoms with E-state index in [1.165, 1.54) is 31.4 Å². The summed E-state index contributed by atoms with van der Waals surface area (Å²) in [6.07, 6.45) is 4.58. The minimum Gasteiger partial charge on any atom is -0.296 e. The fraction of sp³-hybridized carbons (Fsp3) is 0.625. The van der Waals surface area contributed by atoms with Gasteiger partial charge < -0.3 is 0 Å². The molecule has 5 heteroatoms. The first kappa shape index (κ1) is 16.7. The van der Waals surface area contributed by atoms with Crippen molar-refractivity contribution < 1.29 is 4.39 Å². The molecule has 0 radical (unpaired) electrons. The van der Waals surface area contributed by atoms with Gasteiger partial charge in [0.2, 0.25) is 0 Å². The highest BCUT2D eigenvalue weighted by Crippen LogP contribution is 2.38. The Morgan fingerprint density at radius 2 is 2.05 bits per heavy atom. The van der Waals surface area contributed by atoms with Gasteiger partial charge in [0.05, 0.1) is 6.04 Å². The lowest BCUT2D eigenvalue weighted by molar-refractivity contribution is 0.0423. The van der Waals surface area contributed by atoms with Crippen molar-refractivity contribution in [2.45, 2.75) is 51.1 Å². The molecule has 0 spiro atoms. The normalized spacial score (nSPS) is 21.0. The Balaban J connectivity index is 2.38. The number of benzene rings is 1. The third-order valence-electron chi connectivity index (χ3n) is 4.85. The van der Waals surface area contributed by atoms with Crippen molar-refractivity contribution in [1.82, 2.24) is 10.3 Å². The van der Waals surface area contributed by atoms with E-state index in [0.717, 1.165) is 25.1 Å². The van der Waals surface area contributed by atoms with Gasteiger partial charge >= 0.3 is 0 Å². The molecule has 1 aliphatic rings. The van der Waals surface area contributed by atoms with Crippen LogP contribution in [0, 0.1) is 5.82 Å². The van der Waals surface area contributed by atoms with Crippen LogP contribution in [-0.4, -0.2) is 23.5 Å². The van der Waals surface area contributed by atoms with Crippen LogP contribution in [0.4, 0.5) is 4.39 Å². The zero-order valence-corrected chi connectivity index (χ0v) is 13.6. The standard InChI is InChI=1S/C16H25ClFN3/c1-3-16(2,21-9-5-4-6-10-21)15(20-19)13-11-12(18)7-8-14(13)17/h7-8,11,15,20H,3-6,9-10,19H2,1-2H3. The predicted molar refractivity (Wildman–Crippen MR) is 85.6 cm³/mol. The molecule has 2 atom stereocenters.